The second-order valence-electron chi connectivity index (χ2n) is 5.06. The van der Waals surface area contributed by atoms with Gasteiger partial charge in [0, 0.05) is 42.3 Å². The fraction of sp³-hybridized carbons (Fsp3) is 0.467. The van der Waals surface area contributed by atoms with Crippen LogP contribution in [0, 0.1) is 6.92 Å². The Morgan fingerprint density at radius 3 is 2.74 bits per heavy atom. The van der Waals surface area contributed by atoms with Gasteiger partial charge in [-0.2, -0.15) is 5.10 Å². The minimum absolute atomic E-state index is 0.380. The molecule has 2 aromatic rings. The number of nitrogens with one attached hydrogen (secondary N) is 1. The van der Waals surface area contributed by atoms with Crippen molar-refractivity contribution in [2.45, 2.75) is 40.3 Å². The van der Waals surface area contributed by atoms with Gasteiger partial charge in [-0.15, -0.1) is 0 Å². The van der Waals surface area contributed by atoms with Gasteiger partial charge in [-0.25, -0.2) is 0 Å². The van der Waals surface area contributed by atoms with Gasteiger partial charge in [0.2, 0.25) is 0 Å². The van der Waals surface area contributed by atoms with Crippen LogP contribution in [0.3, 0.4) is 0 Å². The number of hydrogen-bond acceptors (Lipinski definition) is 3. The smallest absolute Gasteiger partial charge is 0.0672 e. The lowest BCUT2D eigenvalue weighted by molar-refractivity contribution is 0.529. The number of aryl methyl sites for hydroxylation is 1. The van der Waals surface area contributed by atoms with E-state index in [2.05, 4.69) is 48.4 Å². The molecule has 0 unspecified atom stereocenters. The molecule has 0 radical (unpaired) electrons. The summed E-state index contributed by atoms with van der Waals surface area (Å²) >= 11 is 0. The van der Waals surface area contributed by atoms with E-state index in [1.165, 1.54) is 11.1 Å². The highest BCUT2D eigenvalue weighted by Crippen LogP contribution is 2.23. The molecule has 0 fully saturated rings. The van der Waals surface area contributed by atoms with Crippen LogP contribution < -0.4 is 5.32 Å². The van der Waals surface area contributed by atoms with Gasteiger partial charge in [0.1, 0.15) is 0 Å². The zero-order valence-electron chi connectivity index (χ0n) is 12.1. The van der Waals surface area contributed by atoms with E-state index in [0.717, 1.165) is 24.3 Å². The number of hydrogen-bond donors (Lipinski definition) is 1. The molecule has 4 nitrogen and oxygen atoms in total. The van der Waals surface area contributed by atoms with E-state index in [1.807, 2.05) is 24.0 Å². The maximum atomic E-state index is 4.55. The predicted molar refractivity (Wildman–Crippen MR) is 78.0 cm³/mol. The Hall–Kier alpha value is -1.68. The second-order valence-corrected chi connectivity index (χ2v) is 5.06. The Kier molecular flexibility index (Phi) is 4.32. The molecule has 0 bridgehead atoms. The summed E-state index contributed by atoms with van der Waals surface area (Å²) in [5.74, 6) is 0. The third kappa shape index (κ3) is 3.20. The summed E-state index contributed by atoms with van der Waals surface area (Å²) in [5, 5.41) is 7.87. The van der Waals surface area contributed by atoms with Crippen LogP contribution >= 0.6 is 0 Å². The Bertz CT molecular complexity index is 543. The third-order valence-corrected chi connectivity index (χ3v) is 3.13. The van der Waals surface area contributed by atoms with E-state index in [9.17, 15) is 0 Å². The van der Waals surface area contributed by atoms with E-state index >= 15 is 0 Å². The lowest BCUT2D eigenvalue weighted by Gasteiger charge is -2.05. The summed E-state index contributed by atoms with van der Waals surface area (Å²) in [6.45, 7) is 10.2. The molecule has 0 amide bonds. The lowest BCUT2D eigenvalue weighted by atomic mass is 10.1. The van der Waals surface area contributed by atoms with Crippen LogP contribution in [0.4, 0.5) is 0 Å². The molecule has 102 valence electrons. The fourth-order valence-electron chi connectivity index (χ4n) is 2.03. The first kappa shape index (κ1) is 13.7. The summed E-state index contributed by atoms with van der Waals surface area (Å²) in [4.78, 5) is 4.33. The van der Waals surface area contributed by atoms with Gasteiger partial charge in [-0.1, -0.05) is 6.92 Å². The summed E-state index contributed by atoms with van der Waals surface area (Å²) in [6.07, 6.45) is 5.92. The third-order valence-electron chi connectivity index (χ3n) is 3.13. The normalized spacial score (nSPS) is 11.2. The first-order valence-electron chi connectivity index (χ1n) is 6.82. The average Bonchev–Trinajstić information content (AvgIpc) is 2.79. The van der Waals surface area contributed by atoms with Gasteiger partial charge in [-0.05, 0) is 38.9 Å². The van der Waals surface area contributed by atoms with Crippen molar-refractivity contribution < 1.29 is 0 Å². The zero-order valence-corrected chi connectivity index (χ0v) is 12.1. The molecule has 1 N–H and O–H groups in total. The van der Waals surface area contributed by atoms with E-state index in [4.69, 9.17) is 0 Å². The maximum Gasteiger partial charge on any atom is 0.0672 e. The molecule has 2 heterocycles. The first-order chi connectivity index (χ1) is 9.11. The average molecular weight is 258 g/mol. The van der Waals surface area contributed by atoms with E-state index in [0.29, 0.717) is 6.04 Å². The van der Waals surface area contributed by atoms with Crippen molar-refractivity contribution in [2.75, 3.05) is 6.54 Å². The molecule has 0 spiro atoms. The molecule has 0 aromatic carbocycles. The Morgan fingerprint density at radius 1 is 1.32 bits per heavy atom. The summed E-state index contributed by atoms with van der Waals surface area (Å²) in [6, 6.07) is 2.56. The van der Waals surface area contributed by atoms with Crippen molar-refractivity contribution >= 4 is 0 Å². The second kappa shape index (κ2) is 5.97. The van der Waals surface area contributed by atoms with Gasteiger partial charge < -0.3 is 5.32 Å². The number of aromatic nitrogens is 3. The van der Waals surface area contributed by atoms with Gasteiger partial charge in [-0.3, -0.25) is 9.67 Å². The highest BCUT2D eigenvalue weighted by Gasteiger charge is 2.09. The topological polar surface area (TPSA) is 42.7 Å². The summed E-state index contributed by atoms with van der Waals surface area (Å²) < 4.78 is 2.00. The zero-order chi connectivity index (χ0) is 13.8. The fourth-order valence-corrected chi connectivity index (χ4v) is 2.03. The Balaban J connectivity index is 2.30. The van der Waals surface area contributed by atoms with Crippen LogP contribution in [-0.4, -0.2) is 21.3 Å². The van der Waals surface area contributed by atoms with E-state index in [-0.39, 0.29) is 0 Å². The van der Waals surface area contributed by atoms with E-state index in [1.54, 1.807) is 0 Å². The highest BCUT2D eigenvalue weighted by atomic mass is 15.3. The highest BCUT2D eigenvalue weighted by molar-refractivity contribution is 5.64. The lowest BCUT2D eigenvalue weighted by Crippen LogP contribution is -2.11. The molecule has 0 saturated heterocycles. The van der Waals surface area contributed by atoms with Crippen LogP contribution in [0.15, 0.2) is 24.7 Å². The van der Waals surface area contributed by atoms with Gasteiger partial charge in [0.25, 0.3) is 0 Å². The molecule has 19 heavy (non-hydrogen) atoms. The SMILES string of the molecule is CCNCc1cncc(-c2cn(C(C)C)nc2C)c1. The molecular formula is C15H22N4. The van der Waals surface area contributed by atoms with Crippen LogP contribution in [0.25, 0.3) is 11.1 Å². The van der Waals surface area contributed by atoms with Gasteiger partial charge >= 0.3 is 0 Å². The number of nitrogens with zero attached hydrogens (tertiary/aromatic N) is 3. The molecule has 0 aliphatic heterocycles. The van der Waals surface area contributed by atoms with Gasteiger partial charge in [0.05, 0.1) is 5.69 Å². The monoisotopic (exact) mass is 258 g/mol. The summed E-state index contributed by atoms with van der Waals surface area (Å²) in [7, 11) is 0. The van der Waals surface area contributed by atoms with E-state index < -0.39 is 0 Å². The number of rotatable bonds is 5. The molecule has 0 saturated carbocycles. The molecule has 2 aromatic heterocycles. The molecule has 2 rings (SSSR count). The van der Waals surface area contributed by atoms with Gasteiger partial charge in [0.15, 0.2) is 0 Å². The molecule has 0 aliphatic rings. The first-order valence-corrected chi connectivity index (χ1v) is 6.82. The standard InChI is InChI=1S/C15H22N4/c1-5-16-7-13-6-14(9-17-8-13)15-10-19(11(2)3)18-12(15)4/h6,8-11,16H,5,7H2,1-4H3. The quantitative estimate of drug-likeness (QED) is 0.896. The molecular weight excluding hydrogens is 236 g/mol. The van der Waals surface area contributed by atoms with Crippen molar-refractivity contribution in [1.29, 1.82) is 0 Å². The van der Waals surface area contributed by atoms with Crippen LogP contribution in [-0.2, 0) is 6.54 Å². The predicted octanol–water partition coefficient (Wildman–Crippen LogP) is 2.94. The molecule has 0 aliphatic carbocycles. The van der Waals surface area contributed by atoms with Crippen LogP contribution in [0.1, 0.15) is 38.1 Å². The van der Waals surface area contributed by atoms with Crippen molar-refractivity contribution in [1.82, 2.24) is 20.1 Å². The van der Waals surface area contributed by atoms with Crippen molar-refractivity contribution in [3.05, 3.63) is 35.9 Å². The van der Waals surface area contributed by atoms with Crippen LogP contribution in [0.5, 0.6) is 0 Å². The van der Waals surface area contributed by atoms with Crippen molar-refractivity contribution in [3.8, 4) is 11.1 Å². The minimum atomic E-state index is 0.380. The molecule has 0 atom stereocenters. The van der Waals surface area contributed by atoms with Crippen molar-refractivity contribution in [2.24, 2.45) is 0 Å². The maximum absolute atomic E-state index is 4.55. The minimum Gasteiger partial charge on any atom is -0.313 e. The Morgan fingerprint density at radius 2 is 2.11 bits per heavy atom. The molecule has 4 heteroatoms. The Labute approximate surface area is 114 Å². The van der Waals surface area contributed by atoms with Crippen LogP contribution in [0.2, 0.25) is 0 Å². The summed E-state index contributed by atoms with van der Waals surface area (Å²) in [5.41, 5.74) is 4.56. The van der Waals surface area contributed by atoms with Crippen molar-refractivity contribution in [3.63, 3.8) is 0 Å². The largest absolute Gasteiger partial charge is 0.313 e. The number of pyridine rings is 1.